The van der Waals surface area contributed by atoms with E-state index in [1.54, 1.807) is 0 Å². The Bertz CT molecular complexity index is 3480. The lowest BCUT2D eigenvalue weighted by molar-refractivity contribution is 0.436. The Hall–Kier alpha value is -8.34. The van der Waals surface area contributed by atoms with Crippen molar-refractivity contribution >= 4 is 50.4 Å². The lowest BCUT2D eigenvalue weighted by Crippen LogP contribution is -2.32. The van der Waals surface area contributed by atoms with Crippen LogP contribution in [-0.2, 0) is 5.41 Å². The lowest BCUT2D eigenvalue weighted by atomic mass is 9.66. The highest BCUT2D eigenvalue weighted by molar-refractivity contribution is 6.16. The first-order chi connectivity index (χ1) is 32.6. The number of rotatable bonds is 7. The van der Waals surface area contributed by atoms with Gasteiger partial charge < -0.3 is 19.0 Å². The van der Waals surface area contributed by atoms with Gasteiger partial charge in [0.2, 0.25) is 0 Å². The van der Waals surface area contributed by atoms with Crippen LogP contribution in [-0.4, -0.2) is 0 Å². The van der Waals surface area contributed by atoms with Crippen molar-refractivity contribution in [1.82, 2.24) is 0 Å². The van der Waals surface area contributed by atoms with E-state index in [0.717, 1.165) is 96.2 Å². The standard InChI is InChI=1S/C62H44N2O2/c1-41-28-32-45(33-29-41)63(47-36-39-59-55(40-47)62(54-25-13-15-27-58(54)65-59)52-23-11-8-20-49(52)50-21-9-12-24-53(50)62)46-34-30-42(31-35-46)48-37-38-56(61-60(48)51-22-10-14-26-57(51)66-61)64(43-16-4-2-5-17-43)44-18-6-3-7-19-44/h2-28,30-41H,29H2,1H3. The molecular weight excluding hydrogens is 805 g/mol. The number of ether oxygens (including phenoxy) is 1. The van der Waals surface area contributed by atoms with Gasteiger partial charge in [0.1, 0.15) is 17.1 Å². The molecule has 10 aromatic rings. The molecule has 0 saturated carbocycles. The maximum absolute atomic E-state index is 6.85. The number of hydrogen-bond acceptors (Lipinski definition) is 4. The summed E-state index contributed by atoms with van der Waals surface area (Å²) in [6.07, 6.45) is 7.96. The fourth-order valence-corrected chi connectivity index (χ4v) is 10.9. The second-order valence-corrected chi connectivity index (χ2v) is 17.6. The molecule has 1 spiro atoms. The predicted molar refractivity (Wildman–Crippen MR) is 271 cm³/mol. The summed E-state index contributed by atoms with van der Waals surface area (Å²) in [5.41, 5.74) is 17.2. The van der Waals surface area contributed by atoms with Crippen molar-refractivity contribution < 1.29 is 9.15 Å². The number of benzene rings is 9. The number of anilines is 5. The summed E-state index contributed by atoms with van der Waals surface area (Å²) in [6.45, 7) is 2.28. The molecule has 314 valence electrons. The quantitative estimate of drug-likeness (QED) is 0.160. The van der Waals surface area contributed by atoms with Crippen LogP contribution >= 0.6 is 0 Å². The third kappa shape index (κ3) is 5.78. The predicted octanol–water partition coefficient (Wildman–Crippen LogP) is 16.8. The van der Waals surface area contributed by atoms with Crippen molar-refractivity contribution in [3.63, 3.8) is 0 Å². The van der Waals surface area contributed by atoms with Crippen LogP contribution in [0.25, 0.3) is 44.2 Å². The minimum atomic E-state index is -0.560. The molecule has 13 rings (SSSR count). The van der Waals surface area contributed by atoms with E-state index >= 15 is 0 Å². The molecule has 4 heteroatoms. The van der Waals surface area contributed by atoms with Crippen molar-refractivity contribution in [2.75, 3.05) is 9.80 Å². The van der Waals surface area contributed by atoms with Crippen LogP contribution in [0, 0.1) is 5.92 Å². The minimum Gasteiger partial charge on any atom is -0.457 e. The molecule has 1 atom stereocenters. The molecule has 3 aliphatic rings. The summed E-state index contributed by atoms with van der Waals surface area (Å²) in [4.78, 5) is 4.70. The Kier molecular flexibility index (Phi) is 8.75. The van der Waals surface area contributed by atoms with E-state index in [0.29, 0.717) is 5.92 Å². The fourth-order valence-electron chi connectivity index (χ4n) is 10.9. The number of para-hydroxylation sites is 4. The molecule has 4 nitrogen and oxygen atoms in total. The SMILES string of the molecule is CC1C=CC(N(c2ccc(-c3ccc(N(c4ccccc4)c4ccccc4)c4oc5ccccc5c34)cc2)c2ccc3c(c2)C2(c4ccccc4O3)c3ccccc3-c3ccccc32)=CC1. The average Bonchev–Trinajstić information content (AvgIpc) is 3.91. The number of fused-ring (bicyclic) bond motifs is 12. The van der Waals surface area contributed by atoms with E-state index in [9.17, 15) is 0 Å². The zero-order chi connectivity index (χ0) is 43.8. The van der Waals surface area contributed by atoms with Crippen LogP contribution in [0.4, 0.5) is 28.4 Å². The molecule has 0 N–H and O–H groups in total. The number of allylic oxidation sites excluding steroid dienone is 3. The normalized spacial score (nSPS) is 15.1. The fraction of sp³-hybridized carbons (Fsp3) is 0.0645. The van der Waals surface area contributed by atoms with Crippen LogP contribution < -0.4 is 14.5 Å². The van der Waals surface area contributed by atoms with Gasteiger partial charge in [0, 0.05) is 50.3 Å². The Morgan fingerprint density at radius 1 is 0.485 bits per heavy atom. The molecule has 2 heterocycles. The molecule has 0 bridgehead atoms. The molecular formula is C62H44N2O2. The van der Waals surface area contributed by atoms with Crippen molar-refractivity contribution in [2.45, 2.75) is 18.8 Å². The van der Waals surface area contributed by atoms with Gasteiger partial charge in [-0.1, -0.05) is 159 Å². The molecule has 1 unspecified atom stereocenters. The molecule has 0 saturated heterocycles. The summed E-state index contributed by atoms with van der Waals surface area (Å²) in [5.74, 6) is 2.24. The van der Waals surface area contributed by atoms with Gasteiger partial charge in [-0.05, 0) is 125 Å². The highest BCUT2D eigenvalue weighted by Gasteiger charge is 2.51. The first kappa shape index (κ1) is 38.1. The lowest BCUT2D eigenvalue weighted by Gasteiger charge is -2.40. The molecule has 66 heavy (non-hydrogen) atoms. The molecule has 2 aliphatic carbocycles. The third-order valence-corrected chi connectivity index (χ3v) is 13.9. The van der Waals surface area contributed by atoms with Crippen molar-refractivity contribution in [1.29, 1.82) is 0 Å². The number of furan rings is 1. The van der Waals surface area contributed by atoms with Gasteiger partial charge in [-0.3, -0.25) is 0 Å². The summed E-state index contributed by atoms with van der Waals surface area (Å²) in [5, 5.41) is 2.18. The van der Waals surface area contributed by atoms with E-state index in [1.807, 2.05) is 6.07 Å². The van der Waals surface area contributed by atoms with Gasteiger partial charge in [0.05, 0.1) is 11.1 Å². The molecule has 9 aromatic carbocycles. The van der Waals surface area contributed by atoms with Crippen LogP contribution in [0.2, 0.25) is 0 Å². The van der Waals surface area contributed by atoms with Crippen molar-refractivity contribution in [3.8, 4) is 33.8 Å². The Labute approximate surface area is 384 Å². The van der Waals surface area contributed by atoms with E-state index in [2.05, 4.69) is 241 Å². The zero-order valence-electron chi connectivity index (χ0n) is 36.4. The summed E-state index contributed by atoms with van der Waals surface area (Å²) in [7, 11) is 0. The topological polar surface area (TPSA) is 28.9 Å². The van der Waals surface area contributed by atoms with Crippen LogP contribution in [0.15, 0.2) is 241 Å². The van der Waals surface area contributed by atoms with E-state index in [-0.39, 0.29) is 0 Å². The molecule has 0 radical (unpaired) electrons. The summed E-state index contributed by atoms with van der Waals surface area (Å²) in [6, 6.07) is 76.2. The van der Waals surface area contributed by atoms with Crippen molar-refractivity contribution in [3.05, 3.63) is 259 Å². The maximum atomic E-state index is 6.85. The van der Waals surface area contributed by atoms with Crippen LogP contribution in [0.5, 0.6) is 11.5 Å². The first-order valence-corrected chi connectivity index (χ1v) is 22.9. The summed E-state index contributed by atoms with van der Waals surface area (Å²) >= 11 is 0. The van der Waals surface area contributed by atoms with E-state index in [1.165, 1.54) is 22.3 Å². The third-order valence-electron chi connectivity index (χ3n) is 13.9. The number of hydrogen-bond donors (Lipinski definition) is 0. The molecule has 1 aliphatic heterocycles. The zero-order valence-corrected chi connectivity index (χ0v) is 36.4. The average molecular weight is 849 g/mol. The second-order valence-electron chi connectivity index (χ2n) is 17.6. The van der Waals surface area contributed by atoms with E-state index < -0.39 is 5.41 Å². The second kappa shape index (κ2) is 15.1. The Morgan fingerprint density at radius 3 is 1.77 bits per heavy atom. The van der Waals surface area contributed by atoms with Crippen molar-refractivity contribution in [2.24, 2.45) is 5.92 Å². The Morgan fingerprint density at radius 2 is 1.08 bits per heavy atom. The summed E-state index contributed by atoms with van der Waals surface area (Å²) < 4.78 is 13.7. The molecule has 0 amide bonds. The van der Waals surface area contributed by atoms with Gasteiger partial charge in [-0.2, -0.15) is 0 Å². The van der Waals surface area contributed by atoms with Gasteiger partial charge in [-0.15, -0.1) is 0 Å². The highest BCUT2D eigenvalue weighted by Crippen LogP contribution is 2.62. The molecule has 1 aromatic heterocycles. The van der Waals surface area contributed by atoms with Gasteiger partial charge >= 0.3 is 0 Å². The van der Waals surface area contributed by atoms with Gasteiger partial charge in [-0.25, -0.2) is 0 Å². The van der Waals surface area contributed by atoms with E-state index in [4.69, 9.17) is 9.15 Å². The smallest absolute Gasteiger partial charge is 0.160 e. The molecule has 0 fully saturated rings. The largest absolute Gasteiger partial charge is 0.457 e. The van der Waals surface area contributed by atoms with Gasteiger partial charge in [0.25, 0.3) is 0 Å². The highest BCUT2D eigenvalue weighted by atomic mass is 16.5. The first-order valence-electron chi connectivity index (χ1n) is 22.9. The minimum absolute atomic E-state index is 0.469. The van der Waals surface area contributed by atoms with Crippen LogP contribution in [0.1, 0.15) is 35.6 Å². The maximum Gasteiger partial charge on any atom is 0.160 e. The monoisotopic (exact) mass is 848 g/mol. The number of nitrogens with zero attached hydrogens (tertiary/aromatic N) is 2. The van der Waals surface area contributed by atoms with Gasteiger partial charge in [0.15, 0.2) is 5.58 Å². The Balaban J connectivity index is 0.970. The van der Waals surface area contributed by atoms with Crippen LogP contribution in [0.3, 0.4) is 0 Å².